The van der Waals surface area contributed by atoms with Gasteiger partial charge < -0.3 is 14.4 Å². The minimum atomic E-state index is -0.611. The first-order valence-electron chi connectivity index (χ1n) is 5.75. The van der Waals surface area contributed by atoms with Crippen molar-refractivity contribution in [2.45, 2.75) is 45.8 Å². The van der Waals surface area contributed by atoms with Crippen molar-refractivity contribution in [2.75, 3.05) is 0 Å². The number of hydrogen-bond donors (Lipinski definition) is 1. The standard InChI is InChI=1S/C12H18BNO3/c1-8-6-7-14-10(9(8)15)13-16-11(2,3)12(4,5)17-13/h6-7,15H,1-5H3. The van der Waals surface area contributed by atoms with Gasteiger partial charge in [-0.25, -0.2) is 0 Å². The molecule has 1 aromatic heterocycles. The number of aryl methyl sites for hydroxylation is 1. The maximum atomic E-state index is 9.98. The van der Waals surface area contributed by atoms with Gasteiger partial charge in [-0.1, -0.05) is 0 Å². The molecular formula is C12H18BNO3. The molecule has 1 N–H and O–H groups in total. The Hall–Kier alpha value is -1.07. The summed E-state index contributed by atoms with van der Waals surface area (Å²) in [6, 6.07) is 1.75. The molecule has 0 radical (unpaired) electrons. The van der Waals surface area contributed by atoms with Crippen molar-refractivity contribution >= 4 is 12.7 Å². The van der Waals surface area contributed by atoms with Crippen molar-refractivity contribution in [3.63, 3.8) is 0 Å². The molecule has 1 aromatic rings. The van der Waals surface area contributed by atoms with Gasteiger partial charge in [0.1, 0.15) is 11.3 Å². The van der Waals surface area contributed by atoms with Gasteiger partial charge in [0.15, 0.2) is 0 Å². The number of rotatable bonds is 1. The predicted molar refractivity (Wildman–Crippen MR) is 66.4 cm³/mol. The molecule has 17 heavy (non-hydrogen) atoms. The number of aromatic nitrogens is 1. The molecule has 4 nitrogen and oxygen atoms in total. The summed E-state index contributed by atoms with van der Waals surface area (Å²) in [6.45, 7) is 9.71. The maximum Gasteiger partial charge on any atom is 0.518 e. The molecule has 2 heterocycles. The molecule has 92 valence electrons. The summed E-state index contributed by atoms with van der Waals surface area (Å²) in [4.78, 5) is 4.15. The van der Waals surface area contributed by atoms with Crippen molar-refractivity contribution in [1.82, 2.24) is 4.98 Å². The summed E-state index contributed by atoms with van der Waals surface area (Å²) < 4.78 is 11.7. The van der Waals surface area contributed by atoms with Crippen LogP contribution < -0.4 is 5.59 Å². The van der Waals surface area contributed by atoms with Crippen molar-refractivity contribution in [3.05, 3.63) is 17.8 Å². The van der Waals surface area contributed by atoms with Gasteiger partial charge in [0.05, 0.1) is 11.2 Å². The lowest BCUT2D eigenvalue weighted by Gasteiger charge is -2.32. The monoisotopic (exact) mass is 235 g/mol. The van der Waals surface area contributed by atoms with Crippen LogP contribution in [-0.2, 0) is 9.31 Å². The first kappa shape index (κ1) is 12.4. The minimum absolute atomic E-state index is 0.144. The van der Waals surface area contributed by atoms with Crippen LogP contribution in [-0.4, -0.2) is 28.4 Å². The molecule has 0 aromatic carbocycles. The molecule has 0 spiro atoms. The van der Waals surface area contributed by atoms with Crippen molar-refractivity contribution in [1.29, 1.82) is 0 Å². The number of pyridine rings is 1. The molecule has 0 unspecified atom stereocenters. The van der Waals surface area contributed by atoms with E-state index < -0.39 is 18.3 Å². The summed E-state index contributed by atoms with van der Waals surface area (Å²) in [6.07, 6.45) is 1.65. The fraction of sp³-hybridized carbons (Fsp3) is 0.583. The van der Waals surface area contributed by atoms with Gasteiger partial charge in [-0.3, -0.25) is 4.98 Å². The Labute approximate surface area is 102 Å². The van der Waals surface area contributed by atoms with Gasteiger partial charge in [-0.15, -0.1) is 0 Å². The highest BCUT2D eigenvalue weighted by Gasteiger charge is 2.53. The Balaban J connectivity index is 2.36. The predicted octanol–water partition coefficient (Wildman–Crippen LogP) is 1.39. The van der Waals surface area contributed by atoms with E-state index >= 15 is 0 Å². The van der Waals surface area contributed by atoms with E-state index in [1.807, 2.05) is 34.6 Å². The van der Waals surface area contributed by atoms with Gasteiger partial charge in [0, 0.05) is 6.20 Å². The second kappa shape index (κ2) is 3.72. The number of hydrogen-bond acceptors (Lipinski definition) is 4. The molecule has 1 aliphatic heterocycles. The van der Waals surface area contributed by atoms with E-state index in [2.05, 4.69) is 4.98 Å². The van der Waals surface area contributed by atoms with E-state index in [0.29, 0.717) is 5.59 Å². The maximum absolute atomic E-state index is 9.98. The molecule has 0 atom stereocenters. The molecular weight excluding hydrogens is 217 g/mol. The third-order valence-corrected chi connectivity index (χ3v) is 3.63. The van der Waals surface area contributed by atoms with Crippen molar-refractivity contribution in [3.8, 4) is 5.75 Å². The molecule has 0 aliphatic carbocycles. The molecule has 1 fully saturated rings. The van der Waals surface area contributed by atoms with Crippen LogP contribution in [0.2, 0.25) is 0 Å². The van der Waals surface area contributed by atoms with Crippen LogP contribution in [0.1, 0.15) is 33.3 Å². The van der Waals surface area contributed by atoms with Crippen LogP contribution in [0.5, 0.6) is 5.75 Å². The van der Waals surface area contributed by atoms with E-state index in [4.69, 9.17) is 9.31 Å². The smallest absolute Gasteiger partial charge is 0.506 e. The lowest BCUT2D eigenvalue weighted by Crippen LogP contribution is -2.41. The Kier molecular flexibility index (Phi) is 2.71. The zero-order chi connectivity index (χ0) is 12.8. The number of nitrogens with zero attached hydrogens (tertiary/aromatic N) is 1. The molecule has 1 saturated heterocycles. The second-order valence-electron chi connectivity index (χ2n) is 5.45. The van der Waals surface area contributed by atoms with Crippen LogP contribution in [0.25, 0.3) is 0 Å². The van der Waals surface area contributed by atoms with E-state index in [0.717, 1.165) is 5.56 Å². The number of aromatic hydroxyl groups is 1. The lowest BCUT2D eigenvalue weighted by molar-refractivity contribution is 0.00578. The third kappa shape index (κ3) is 1.94. The van der Waals surface area contributed by atoms with Gasteiger partial charge in [0.2, 0.25) is 0 Å². The van der Waals surface area contributed by atoms with E-state index in [1.54, 1.807) is 12.3 Å². The molecule has 1 aliphatic rings. The highest BCUT2D eigenvalue weighted by Crippen LogP contribution is 2.37. The van der Waals surface area contributed by atoms with Crippen LogP contribution in [0.4, 0.5) is 0 Å². The topological polar surface area (TPSA) is 51.6 Å². The largest absolute Gasteiger partial charge is 0.518 e. The first-order valence-corrected chi connectivity index (χ1v) is 5.75. The Morgan fingerprint density at radius 2 is 1.71 bits per heavy atom. The first-order chi connectivity index (χ1) is 7.74. The lowest BCUT2D eigenvalue weighted by atomic mass is 9.82. The van der Waals surface area contributed by atoms with E-state index in [-0.39, 0.29) is 5.75 Å². The van der Waals surface area contributed by atoms with E-state index in [1.165, 1.54) is 0 Å². The average Bonchev–Trinajstić information content (AvgIpc) is 2.40. The summed E-state index contributed by atoms with van der Waals surface area (Å²) in [7, 11) is -0.611. The molecule has 0 bridgehead atoms. The fourth-order valence-electron chi connectivity index (χ4n) is 1.70. The minimum Gasteiger partial charge on any atom is -0.506 e. The summed E-state index contributed by atoms with van der Waals surface area (Å²) >= 11 is 0. The molecule has 5 heteroatoms. The van der Waals surface area contributed by atoms with Crippen LogP contribution in [0.15, 0.2) is 12.3 Å². The molecule has 2 rings (SSSR count). The quantitative estimate of drug-likeness (QED) is 0.747. The Morgan fingerprint density at radius 1 is 1.18 bits per heavy atom. The second-order valence-corrected chi connectivity index (χ2v) is 5.45. The van der Waals surface area contributed by atoms with Crippen LogP contribution >= 0.6 is 0 Å². The highest BCUT2D eigenvalue weighted by molar-refractivity contribution is 6.62. The zero-order valence-corrected chi connectivity index (χ0v) is 10.9. The fourth-order valence-corrected chi connectivity index (χ4v) is 1.70. The van der Waals surface area contributed by atoms with Gasteiger partial charge in [-0.05, 0) is 46.2 Å². The Morgan fingerprint density at radius 3 is 2.24 bits per heavy atom. The van der Waals surface area contributed by atoms with Crippen molar-refractivity contribution in [2.24, 2.45) is 0 Å². The zero-order valence-electron chi connectivity index (χ0n) is 10.9. The summed E-state index contributed by atoms with van der Waals surface area (Å²) in [5.74, 6) is 0.144. The van der Waals surface area contributed by atoms with Crippen LogP contribution in [0.3, 0.4) is 0 Å². The van der Waals surface area contributed by atoms with E-state index in [9.17, 15) is 5.11 Å². The molecule has 0 amide bonds. The van der Waals surface area contributed by atoms with Crippen LogP contribution in [0, 0.1) is 6.92 Å². The van der Waals surface area contributed by atoms with Gasteiger partial charge in [-0.2, -0.15) is 0 Å². The normalized spacial score (nSPS) is 21.8. The Bertz CT molecular complexity index is 429. The highest BCUT2D eigenvalue weighted by atomic mass is 16.7. The van der Waals surface area contributed by atoms with Gasteiger partial charge in [0.25, 0.3) is 0 Å². The van der Waals surface area contributed by atoms with Crippen molar-refractivity contribution < 1.29 is 14.4 Å². The SMILES string of the molecule is Cc1ccnc(B2OC(C)(C)C(C)(C)O2)c1O. The summed E-state index contributed by atoms with van der Waals surface area (Å²) in [5, 5.41) is 9.98. The average molecular weight is 235 g/mol. The van der Waals surface area contributed by atoms with Gasteiger partial charge >= 0.3 is 7.12 Å². The third-order valence-electron chi connectivity index (χ3n) is 3.63. The molecule has 0 saturated carbocycles. The summed E-state index contributed by atoms with van der Waals surface area (Å²) in [5.41, 5.74) is 0.374.